The molecule has 0 aromatic carbocycles. The number of fused-ring (bicyclic) bond motifs is 1. The van der Waals surface area contributed by atoms with Crippen LogP contribution in [0.5, 0.6) is 0 Å². The molecule has 1 saturated carbocycles. The molecule has 18 heavy (non-hydrogen) atoms. The summed E-state index contributed by atoms with van der Waals surface area (Å²) >= 11 is 0. The Hall–Kier alpha value is -0.760. The zero-order valence-corrected chi connectivity index (χ0v) is 11.4. The molecule has 0 amide bonds. The minimum absolute atomic E-state index is 0.208. The monoisotopic (exact) mass is 247 g/mol. The molecule has 3 atom stereocenters. The summed E-state index contributed by atoms with van der Waals surface area (Å²) in [4.78, 5) is 0. The van der Waals surface area contributed by atoms with Crippen molar-refractivity contribution in [3.8, 4) is 0 Å². The first-order valence-corrected chi connectivity index (χ1v) is 7.60. The first-order chi connectivity index (χ1) is 8.74. The van der Waals surface area contributed by atoms with Gasteiger partial charge >= 0.3 is 0 Å². The van der Waals surface area contributed by atoms with Crippen molar-refractivity contribution in [2.75, 3.05) is 0 Å². The van der Waals surface area contributed by atoms with Gasteiger partial charge in [0.1, 0.15) is 0 Å². The normalized spacial score (nSPS) is 32.2. The topological polar surface area (TPSA) is 25.2 Å². The molecule has 1 heterocycles. The van der Waals surface area contributed by atoms with Gasteiger partial charge in [-0.2, -0.15) is 0 Å². The third-order valence-electron chi connectivity index (χ3n) is 4.86. The van der Waals surface area contributed by atoms with Gasteiger partial charge in [0.2, 0.25) is 0 Å². The molecule has 0 spiro atoms. The van der Waals surface area contributed by atoms with Crippen LogP contribution in [0.15, 0.2) is 12.3 Å². The smallest absolute Gasteiger partial charge is 0.0807 e. The number of hydrogen-bond donors (Lipinski definition) is 1. The molecule has 1 fully saturated rings. The van der Waals surface area contributed by atoms with E-state index in [-0.39, 0.29) is 6.10 Å². The highest BCUT2D eigenvalue weighted by atomic mass is 16.3. The third kappa shape index (κ3) is 2.35. The summed E-state index contributed by atoms with van der Waals surface area (Å²) in [6.07, 6.45) is 10.8. The minimum atomic E-state index is -0.208. The number of aliphatic hydroxyl groups excluding tert-OH is 1. The van der Waals surface area contributed by atoms with Gasteiger partial charge in [-0.05, 0) is 50.0 Å². The van der Waals surface area contributed by atoms with Gasteiger partial charge in [0.15, 0.2) is 0 Å². The van der Waals surface area contributed by atoms with Crippen LogP contribution in [0.1, 0.15) is 62.8 Å². The Labute approximate surface area is 110 Å². The highest BCUT2D eigenvalue weighted by Crippen LogP contribution is 2.33. The molecular formula is C16H25NO. The third-order valence-corrected chi connectivity index (χ3v) is 4.86. The molecule has 0 saturated heterocycles. The molecular weight excluding hydrogens is 222 g/mol. The average molecular weight is 247 g/mol. The van der Waals surface area contributed by atoms with E-state index in [9.17, 15) is 5.11 Å². The van der Waals surface area contributed by atoms with Gasteiger partial charge in [0.25, 0.3) is 0 Å². The van der Waals surface area contributed by atoms with Gasteiger partial charge in [-0.1, -0.05) is 19.8 Å². The summed E-state index contributed by atoms with van der Waals surface area (Å²) in [5, 5.41) is 10.0. The van der Waals surface area contributed by atoms with Crippen LogP contribution in [0, 0.1) is 11.8 Å². The lowest BCUT2D eigenvalue weighted by molar-refractivity contribution is 0.155. The summed E-state index contributed by atoms with van der Waals surface area (Å²) in [6, 6.07) is 2.14. The number of hydrogen-bond acceptors (Lipinski definition) is 1. The Morgan fingerprint density at radius 2 is 2.17 bits per heavy atom. The molecule has 2 nitrogen and oxygen atoms in total. The molecule has 0 radical (unpaired) electrons. The maximum absolute atomic E-state index is 10.0. The Balaban J connectivity index is 1.73. The van der Waals surface area contributed by atoms with Gasteiger partial charge < -0.3 is 9.67 Å². The Kier molecular flexibility index (Phi) is 3.47. The molecule has 0 aliphatic heterocycles. The number of aromatic nitrogens is 1. The van der Waals surface area contributed by atoms with Crippen LogP contribution in [0.3, 0.4) is 0 Å². The van der Waals surface area contributed by atoms with Crippen molar-refractivity contribution < 1.29 is 5.11 Å². The van der Waals surface area contributed by atoms with Gasteiger partial charge in [-0.25, -0.2) is 0 Å². The largest absolute Gasteiger partial charge is 0.388 e. The maximum atomic E-state index is 10.0. The molecule has 2 aliphatic carbocycles. The predicted molar refractivity (Wildman–Crippen MR) is 73.5 cm³/mol. The van der Waals surface area contributed by atoms with Crippen molar-refractivity contribution in [1.29, 1.82) is 0 Å². The fourth-order valence-corrected chi connectivity index (χ4v) is 3.91. The van der Waals surface area contributed by atoms with E-state index in [0.717, 1.165) is 31.1 Å². The van der Waals surface area contributed by atoms with E-state index in [1.165, 1.54) is 43.5 Å². The lowest BCUT2D eigenvalue weighted by Crippen LogP contribution is -2.20. The summed E-state index contributed by atoms with van der Waals surface area (Å²) in [5.74, 6) is 1.75. The molecule has 1 N–H and O–H groups in total. The van der Waals surface area contributed by atoms with Crippen LogP contribution in [-0.2, 0) is 13.0 Å². The summed E-state index contributed by atoms with van der Waals surface area (Å²) in [6.45, 7) is 3.56. The van der Waals surface area contributed by atoms with E-state index in [1.54, 1.807) is 0 Å². The highest BCUT2D eigenvalue weighted by Gasteiger charge is 2.24. The molecule has 100 valence electrons. The molecule has 1 aromatic rings. The van der Waals surface area contributed by atoms with Gasteiger partial charge in [0, 0.05) is 24.0 Å². The lowest BCUT2D eigenvalue weighted by atomic mass is 9.82. The predicted octanol–water partition coefficient (Wildman–Crippen LogP) is 3.68. The quantitative estimate of drug-likeness (QED) is 0.847. The van der Waals surface area contributed by atoms with Crippen LogP contribution in [0.2, 0.25) is 0 Å². The van der Waals surface area contributed by atoms with Crippen LogP contribution in [-0.4, -0.2) is 9.67 Å². The minimum Gasteiger partial charge on any atom is -0.388 e. The molecule has 2 heteroatoms. The number of aliphatic hydroxyl groups is 1. The van der Waals surface area contributed by atoms with Crippen LogP contribution >= 0.6 is 0 Å². The van der Waals surface area contributed by atoms with E-state index in [0.29, 0.717) is 0 Å². The maximum Gasteiger partial charge on any atom is 0.0807 e. The van der Waals surface area contributed by atoms with Gasteiger partial charge in [0.05, 0.1) is 6.10 Å². The van der Waals surface area contributed by atoms with E-state index >= 15 is 0 Å². The Morgan fingerprint density at radius 1 is 1.28 bits per heavy atom. The second kappa shape index (κ2) is 5.08. The zero-order chi connectivity index (χ0) is 12.5. The van der Waals surface area contributed by atoms with E-state index < -0.39 is 0 Å². The van der Waals surface area contributed by atoms with Gasteiger partial charge in [-0.3, -0.25) is 0 Å². The molecule has 0 bridgehead atoms. The SMILES string of the molecule is CC1CCCC(Cn2ccc3c2CCCC3O)C1. The van der Waals surface area contributed by atoms with E-state index in [1.807, 2.05) is 0 Å². The summed E-state index contributed by atoms with van der Waals surface area (Å²) in [5.41, 5.74) is 2.61. The highest BCUT2D eigenvalue weighted by molar-refractivity contribution is 5.27. The fourth-order valence-electron chi connectivity index (χ4n) is 3.91. The van der Waals surface area contributed by atoms with E-state index in [2.05, 4.69) is 23.8 Å². The second-order valence-electron chi connectivity index (χ2n) is 6.42. The Morgan fingerprint density at radius 3 is 3.00 bits per heavy atom. The molecule has 3 unspecified atom stereocenters. The lowest BCUT2D eigenvalue weighted by Gasteiger charge is -2.28. The molecule has 1 aromatic heterocycles. The van der Waals surface area contributed by atoms with Crippen molar-refractivity contribution in [2.45, 2.75) is 64.5 Å². The van der Waals surface area contributed by atoms with Crippen LogP contribution in [0.25, 0.3) is 0 Å². The first kappa shape index (κ1) is 12.3. The van der Waals surface area contributed by atoms with Crippen LogP contribution in [0.4, 0.5) is 0 Å². The van der Waals surface area contributed by atoms with Crippen molar-refractivity contribution in [3.63, 3.8) is 0 Å². The second-order valence-corrected chi connectivity index (χ2v) is 6.42. The van der Waals surface area contributed by atoms with Crippen molar-refractivity contribution >= 4 is 0 Å². The van der Waals surface area contributed by atoms with Crippen molar-refractivity contribution in [2.24, 2.45) is 11.8 Å². The zero-order valence-electron chi connectivity index (χ0n) is 11.4. The summed E-state index contributed by atoms with van der Waals surface area (Å²) in [7, 11) is 0. The number of nitrogens with zero attached hydrogens (tertiary/aromatic N) is 1. The van der Waals surface area contributed by atoms with Crippen LogP contribution < -0.4 is 0 Å². The standard InChI is InChI=1S/C16H25NO/c1-12-4-2-5-13(10-12)11-17-9-8-14-15(17)6-3-7-16(14)18/h8-9,12-13,16,18H,2-7,10-11H2,1H3. The molecule has 2 aliphatic rings. The Bertz CT molecular complexity index is 409. The molecule has 3 rings (SSSR count). The fraction of sp³-hybridized carbons (Fsp3) is 0.750. The van der Waals surface area contributed by atoms with Crippen molar-refractivity contribution in [3.05, 3.63) is 23.5 Å². The summed E-state index contributed by atoms with van der Waals surface area (Å²) < 4.78 is 2.43. The van der Waals surface area contributed by atoms with Gasteiger partial charge in [-0.15, -0.1) is 0 Å². The first-order valence-electron chi connectivity index (χ1n) is 7.60. The van der Waals surface area contributed by atoms with Crippen molar-refractivity contribution in [1.82, 2.24) is 4.57 Å². The average Bonchev–Trinajstić information content (AvgIpc) is 2.74. The van der Waals surface area contributed by atoms with E-state index in [4.69, 9.17) is 0 Å². The number of rotatable bonds is 2.